The molecule has 0 radical (unpaired) electrons. The van der Waals surface area contributed by atoms with Gasteiger partial charge in [0.1, 0.15) is 0 Å². The Morgan fingerprint density at radius 2 is 1.53 bits per heavy atom. The predicted octanol–water partition coefficient (Wildman–Crippen LogP) is 4.59. The topological polar surface area (TPSA) is 57.7 Å². The molecule has 2 saturated heterocycles. The highest BCUT2D eigenvalue weighted by molar-refractivity contribution is 7.89. The van der Waals surface area contributed by atoms with E-state index in [9.17, 15) is 26.4 Å². The molecule has 5 nitrogen and oxygen atoms in total. The first-order chi connectivity index (χ1) is 16.1. The van der Waals surface area contributed by atoms with Crippen LogP contribution in [0.1, 0.15) is 36.8 Å². The lowest BCUT2D eigenvalue weighted by Crippen LogP contribution is -2.46. The molecule has 9 heteroatoms. The maximum atomic E-state index is 13.0. The van der Waals surface area contributed by atoms with Crippen molar-refractivity contribution < 1.29 is 26.4 Å². The molecule has 2 aliphatic rings. The summed E-state index contributed by atoms with van der Waals surface area (Å²) < 4.78 is 66.0. The van der Waals surface area contributed by atoms with Crippen molar-refractivity contribution in [3.05, 3.63) is 65.7 Å². The molecule has 2 heterocycles. The number of hydrogen-bond donors (Lipinski definition) is 0. The van der Waals surface area contributed by atoms with Gasteiger partial charge in [0, 0.05) is 32.1 Å². The van der Waals surface area contributed by atoms with E-state index in [0.29, 0.717) is 37.9 Å². The van der Waals surface area contributed by atoms with Gasteiger partial charge in [-0.05, 0) is 61.8 Å². The number of halogens is 3. The number of sulfonamides is 1. The van der Waals surface area contributed by atoms with E-state index in [1.165, 1.54) is 15.9 Å². The van der Waals surface area contributed by atoms with Crippen molar-refractivity contribution in [3.63, 3.8) is 0 Å². The van der Waals surface area contributed by atoms with E-state index in [1.807, 2.05) is 23.1 Å². The second-order valence-corrected chi connectivity index (χ2v) is 11.1. The second-order valence-electron chi connectivity index (χ2n) is 9.16. The highest BCUT2D eigenvalue weighted by Gasteiger charge is 2.36. The van der Waals surface area contributed by atoms with Crippen molar-refractivity contribution in [2.75, 3.05) is 26.2 Å². The van der Waals surface area contributed by atoms with Crippen LogP contribution in [0.25, 0.3) is 0 Å². The number of rotatable bonds is 5. The summed E-state index contributed by atoms with van der Waals surface area (Å²) in [5.74, 6) is 0.360. The Morgan fingerprint density at radius 3 is 2.15 bits per heavy atom. The van der Waals surface area contributed by atoms with Crippen molar-refractivity contribution in [2.24, 2.45) is 11.8 Å². The van der Waals surface area contributed by atoms with Crippen LogP contribution in [0, 0.1) is 11.8 Å². The van der Waals surface area contributed by atoms with Gasteiger partial charge in [0.2, 0.25) is 15.9 Å². The van der Waals surface area contributed by atoms with Crippen LogP contribution in [0.4, 0.5) is 13.2 Å². The lowest BCUT2D eigenvalue weighted by atomic mass is 9.89. The number of hydrogen-bond acceptors (Lipinski definition) is 3. The monoisotopic (exact) mass is 494 g/mol. The molecule has 2 fully saturated rings. The number of amides is 1. The Kier molecular flexibility index (Phi) is 7.33. The fraction of sp³-hybridized carbons (Fsp3) is 0.480. The zero-order valence-corrected chi connectivity index (χ0v) is 19.7. The highest BCUT2D eigenvalue weighted by atomic mass is 32.2. The van der Waals surface area contributed by atoms with Crippen LogP contribution in [0.3, 0.4) is 0 Å². The van der Waals surface area contributed by atoms with Gasteiger partial charge in [-0.1, -0.05) is 36.4 Å². The van der Waals surface area contributed by atoms with E-state index in [0.717, 1.165) is 31.4 Å². The first-order valence-corrected chi connectivity index (χ1v) is 13.1. The summed E-state index contributed by atoms with van der Waals surface area (Å²) in [7, 11) is -4.05. The Morgan fingerprint density at radius 1 is 0.882 bits per heavy atom. The fourth-order valence-electron chi connectivity index (χ4n) is 4.89. The molecule has 34 heavy (non-hydrogen) atoms. The minimum Gasteiger partial charge on any atom is -0.342 e. The van der Waals surface area contributed by atoms with Crippen LogP contribution in [0.5, 0.6) is 0 Å². The van der Waals surface area contributed by atoms with E-state index >= 15 is 0 Å². The van der Waals surface area contributed by atoms with E-state index in [2.05, 4.69) is 12.1 Å². The first-order valence-electron chi connectivity index (χ1n) is 11.6. The number of likely N-dealkylation sites (tertiary alicyclic amines) is 1. The summed E-state index contributed by atoms with van der Waals surface area (Å²) in [4.78, 5) is 14.6. The van der Waals surface area contributed by atoms with Gasteiger partial charge < -0.3 is 4.90 Å². The molecule has 0 aliphatic carbocycles. The standard InChI is InChI=1S/C25H29F3N2O3S/c26-25(27,28)22-7-4-8-23(18-22)34(32,33)30-15-11-21(12-16-30)24(31)29-13-9-20(10-14-29)17-19-5-2-1-3-6-19/h1-8,18,20-21H,9-17H2. The van der Waals surface area contributed by atoms with Crippen molar-refractivity contribution in [1.29, 1.82) is 0 Å². The quantitative estimate of drug-likeness (QED) is 0.611. The molecule has 4 rings (SSSR count). The molecule has 0 spiro atoms. The number of nitrogens with zero attached hydrogens (tertiary/aromatic N) is 2. The summed E-state index contributed by atoms with van der Waals surface area (Å²) >= 11 is 0. The molecule has 0 aromatic heterocycles. The minimum atomic E-state index is -4.61. The first kappa shape index (κ1) is 24.7. The predicted molar refractivity (Wildman–Crippen MR) is 122 cm³/mol. The van der Waals surface area contributed by atoms with Crippen LogP contribution in [0.15, 0.2) is 59.5 Å². The smallest absolute Gasteiger partial charge is 0.342 e. The zero-order chi connectivity index (χ0) is 24.3. The molecule has 0 N–H and O–H groups in total. The number of carbonyl (C=O) groups is 1. The van der Waals surface area contributed by atoms with Crippen LogP contribution in [-0.2, 0) is 27.4 Å². The maximum Gasteiger partial charge on any atom is 0.416 e. The van der Waals surface area contributed by atoms with E-state index in [4.69, 9.17) is 0 Å². The van der Waals surface area contributed by atoms with E-state index < -0.39 is 21.8 Å². The van der Waals surface area contributed by atoms with Crippen molar-refractivity contribution in [3.8, 4) is 0 Å². The Hall–Kier alpha value is -2.39. The largest absolute Gasteiger partial charge is 0.416 e. The van der Waals surface area contributed by atoms with Gasteiger partial charge in [0.25, 0.3) is 0 Å². The third-order valence-electron chi connectivity index (χ3n) is 6.90. The summed E-state index contributed by atoms with van der Waals surface area (Å²) in [5.41, 5.74) is 0.316. The van der Waals surface area contributed by atoms with E-state index in [1.54, 1.807) is 0 Å². The minimum absolute atomic E-state index is 0.0641. The Labute approximate surface area is 198 Å². The average molecular weight is 495 g/mol. The molecular formula is C25H29F3N2O3S. The van der Waals surface area contributed by atoms with Gasteiger partial charge in [0.05, 0.1) is 10.5 Å². The Balaban J connectivity index is 1.30. The summed E-state index contributed by atoms with van der Waals surface area (Å²) in [6.07, 6.45) is -0.955. The van der Waals surface area contributed by atoms with Crippen LogP contribution >= 0.6 is 0 Å². The molecule has 184 valence electrons. The van der Waals surface area contributed by atoms with Crippen LogP contribution < -0.4 is 0 Å². The number of benzene rings is 2. The van der Waals surface area contributed by atoms with Gasteiger partial charge in [0.15, 0.2) is 0 Å². The summed E-state index contributed by atoms with van der Waals surface area (Å²) in [5, 5.41) is 0. The third kappa shape index (κ3) is 5.63. The SMILES string of the molecule is O=C(C1CCN(S(=O)(=O)c2cccc(C(F)(F)F)c2)CC1)N1CCC(Cc2ccccc2)CC1. The molecule has 0 saturated carbocycles. The second kappa shape index (κ2) is 10.1. The van der Waals surface area contributed by atoms with Gasteiger partial charge in [-0.2, -0.15) is 17.5 Å². The normalized spacial score (nSPS) is 19.3. The molecule has 2 aromatic rings. The van der Waals surface area contributed by atoms with Gasteiger partial charge >= 0.3 is 6.18 Å². The molecule has 1 amide bonds. The molecular weight excluding hydrogens is 465 g/mol. The molecule has 2 aromatic carbocycles. The number of piperidine rings is 2. The fourth-order valence-corrected chi connectivity index (χ4v) is 6.40. The highest BCUT2D eigenvalue weighted by Crippen LogP contribution is 2.32. The third-order valence-corrected chi connectivity index (χ3v) is 8.79. The molecule has 0 bridgehead atoms. The number of carbonyl (C=O) groups excluding carboxylic acids is 1. The molecule has 2 aliphatic heterocycles. The van der Waals surface area contributed by atoms with Crippen molar-refractivity contribution in [2.45, 2.75) is 43.2 Å². The maximum absolute atomic E-state index is 13.0. The lowest BCUT2D eigenvalue weighted by Gasteiger charge is -2.37. The van der Waals surface area contributed by atoms with Crippen molar-refractivity contribution in [1.82, 2.24) is 9.21 Å². The number of alkyl halides is 3. The van der Waals surface area contributed by atoms with Gasteiger partial charge in [-0.25, -0.2) is 8.42 Å². The molecule has 0 atom stereocenters. The van der Waals surface area contributed by atoms with Crippen LogP contribution in [0.2, 0.25) is 0 Å². The Bertz CT molecular complexity index is 1090. The lowest BCUT2D eigenvalue weighted by molar-refractivity contribution is -0.138. The summed E-state index contributed by atoms with van der Waals surface area (Å²) in [6, 6.07) is 14.1. The van der Waals surface area contributed by atoms with Crippen LogP contribution in [-0.4, -0.2) is 49.7 Å². The molecule has 0 unspecified atom stereocenters. The van der Waals surface area contributed by atoms with Gasteiger partial charge in [-0.3, -0.25) is 4.79 Å². The average Bonchev–Trinajstić information content (AvgIpc) is 2.84. The zero-order valence-electron chi connectivity index (χ0n) is 18.9. The van der Waals surface area contributed by atoms with Gasteiger partial charge in [-0.15, -0.1) is 0 Å². The summed E-state index contributed by atoms with van der Waals surface area (Å²) in [6.45, 7) is 1.66. The van der Waals surface area contributed by atoms with Crippen molar-refractivity contribution >= 4 is 15.9 Å². The van der Waals surface area contributed by atoms with E-state index in [-0.39, 0.29) is 29.8 Å².